The summed E-state index contributed by atoms with van der Waals surface area (Å²) in [5.41, 5.74) is 6.28. The summed E-state index contributed by atoms with van der Waals surface area (Å²) in [6.07, 6.45) is -2.07. The molecule has 4 unspecified atom stereocenters. The Bertz CT molecular complexity index is 619. The van der Waals surface area contributed by atoms with Gasteiger partial charge in [0.2, 0.25) is 5.65 Å². The summed E-state index contributed by atoms with van der Waals surface area (Å²) in [4.78, 5) is 17.1. The number of nitrogens with two attached hydrogens (primary N) is 1. The van der Waals surface area contributed by atoms with Crippen LogP contribution < -0.4 is 10.6 Å². The van der Waals surface area contributed by atoms with Crippen molar-refractivity contribution in [3.8, 4) is 0 Å². The fourth-order valence-corrected chi connectivity index (χ4v) is 1.97. The van der Waals surface area contributed by atoms with Crippen LogP contribution in [0, 0.1) is 0 Å². The molecule has 1 saturated heterocycles. The zero-order valence-electron chi connectivity index (χ0n) is 10.2. The molecule has 3 heterocycles. The lowest BCUT2D eigenvalue weighted by molar-refractivity contribution is -0.169. The largest absolute Gasteiger partial charge is 0.394 e. The Balaban J connectivity index is 1.85. The molecule has 2 aromatic heterocycles. The van der Waals surface area contributed by atoms with Gasteiger partial charge < -0.3 is 30.6 Å². The summed E-state index contributed by atoms with van der Waals surface area (Å²) in [5, 5.41) is 28.4. The number of anilines is 1. The quantitative estimate of drug-likeness (QED) is 0.471. The van der Waals surface area contributed by atoms with Crippen LogP contribution in [-0.2, 0) is 4.74 Å². The standard InChI is InChI=1S/C10H13N5O5/c11-8-5-9(13-2-12-8)15(3-14-5)20-10-7(18)6(17)4(1-16)19-10/h2-4,6-7,10,16-18H,1H2,(H2,11,12,13). The van der Waals surface area contributed by atoms with Crippen molar-refractivity contribution in [1.82, 2.24) is 19.7 Å². The highest BCUT2D eigenvalue weighted by molar-refractivity contribution is 5.80. The number of rotatable bonds is 3. The molecule has 3 rings (SSSR count). The number of aliphatic hydroxyl groups is 3. The summed E-state index contributed by atoms with van der Waals surface area (Å²) in [6, 6.07) is 0. The zero-order chi connectivity index (χ0) is 14.3. The van der Waals surface area contributed by atoms with Crippen molar-refractivity contribution < 1.29 is 24.9 Å². The molecule has 1 aliphatic rings. The Morgan fingerprint density at radius 2 is 2.10 bits per heavy atom. The normalized spacial score (nSPS) is 29.9. The van der Waals surface area contributed by atoms with Crippen LogP contribution in [0.1, 0.15) is 0 Å². The van der Waals surface area contributed by atoms with Gasteiger partial charge in [0.25, 0.3) is 6.29 Å². The SMILES string of the molecule is Nc1ncnc2c1ncn2OC1OC(CO)C(O)C1O. The Labute approximate surface area is 112 Å². The van der Waals surface area contributed by atoms with Crippen LogP contribution in [0.4, 0.5) is 5.82 Å². The van der Waals surface area contributed by atoms with E-state index in [1.54, 1.807) is 0 Å². The van der Waals surface area contributed by atoms with Gasteiger partial charge in [-0.3, -0.25) is 0 Å². The molecule has 10 heteroatoms. The molecule has 0 bridgehead atoms. The predicted octanol–water partition coefficient (Wildman–Crippen LogP) is -2.72. The number of aliphatic hydroxyl groups excluding tert-OH is 3. The van der Waals surface area contributed by atoms with Gasteiger partial charge in [0.1, 0.15) is 31.0 Å². The smallest absolute Gasteiger partial charge is 0.254 e. The van der Waals surface area contributed by atoms with E-state index < -0.39 is 31.2 Å². The van der Waals surface area contributed by atoms with Gasteiger partial charge in [-0.2, -0.15) is 0 Å². The van der Waals surface area contributed by atoms with Gasteiger partial charge in [-0.05, 0) is 0 Å². The molecule has 1 aliphatic heterocycles. The molecule has 0 aliphatic carbocycles. The molecule has 0 radical (unpaired) electrons. The third-order valence-corrected chi connectivity index (χ3v) is 3.05. The van der Waals surface area contributed by atoms with Gasteiger partial charge in [0.15, 0.2) is 11.3 Å². The van der Waals surface area contributed by atoms with Gasteiger partial charge in [-0.15, -0.1) is 4.73 Å². The second kappa shape index (κ2) is 4.83. The maximum absolute atomic E-state index is 9.78. The molecule has 4 atom stereocenters. The minimum Gasteiger partial charge on any atom is -0.394 e. The number of aromatic nitrogens is 4. The highest BCUT2D eigenvalue weighted by atomic mass is 16.8. The first-order valence-electron chi connectivity index (χ1n) is 5.85. The number of hydrogen-bond acceptors (Lipinski definition) is 9. The molecule has 0 spiro atoms. The van der Waals surface area contributed by atoms with E-state index in [4.69, 9.17) is 20.4 Å². The van der Waals surface area contributed by atoms with Crippen molar-refractivity contribution in [1.29, 1.82) is 0 Å². The van der Waals surface area contributed by atoms with Crippen LogP contribution in [0.5, 0.6) is 0 Å². The molecule has 108 valence electrons. The Kier molecular flexibility index (Phi) is 3.14. The Hall–Kier alpha value is -2.01. The van der Waals surface area contributed by atoms with Crippen molar-refractivity contribution in [2.45, 2.75) is 24.6 Å². The van der Waals surface area contributed by atoms with Gasteiger partial charge in [-0.1, -0.05) is 0 Å². The van der Waals surface area contributed by atoms with Gasteiger partial charge in [-0.25, -0.2) is 15.0 Å². The van der Waals surface area contributed by atoms with Crippen LogP contribution in [0.15, 0.2) is 12.7 Å². The van der Waals surface area contributed by atoms with Crippen molar-refractivity contribution in [2.24, 2.45) is 0 Å². The number of fused-ring (bicyclic) bond motifs is 1. The van der Waals surface area contributed by atoms with Crippen LogP contribution in [0.25, 0.3) is 11.2 Å². The minimum absolute atomic E-state index is 0.193. The first kappa shape index (κ1) is 13.0. The lowest BCUT2D eigenvalue weighted by Gasteiger charge is -2.16. The number of hydrogen-bond donors (Lipinski definition) is 4. The molecule has 0 amide bonds. The van der Waals surface area contributed by atoms with Crippen LogP contribution in [-0.4, -0.2) is 66.2 Å². The molecule has 5 N–H and O–H groups in total. The molecule has 0 saturated carbocycles. The second-order valence-corrected chi connectivity index (χ2v) is 4.31. The van der Waals surface area contributed by atoms with E-state index in [0.29, 0.717) is 11.2 Å². The molecular weight excluding hydrogens is 270 g/mol. The number of imidazole rings is 1. The van der Waals surface area contributed by atoms with Crippen LogP contribution in [0.2, 0.25) is 0 Å². The Morgan fingerprint density at radius 3 is 2.80 bits per heavy atom. The summed E-state index contributed by atoms with van der Waals surface area (Å²) in [6.45, 7) is -0.433. The molecule has 1 fully saturated rings. The van der Waals surface area contributed by atoms with E-state index in [9.17, 15) is 10.2 Å². The molecule has 20 heavy (non-hydrogen) atoms. The maximum Gasteiger partial charge on any atom is 0.254 e. The van der Waals surface area contributed by atoms with Crippen molar-refractivity contribution >= 4 is 17.0 Å². The van der Waals surface area contributed by atoms with E-state index in [-0.39, 0.29) is 5.82 Å². The van der Waals surface area contributed by atoms with Gasteiger partial charge >= 0.3 is 0 Å². The first-order chi connectivity index (χ1) is 9.61. The third-order valence-electron chi connectivity index (χ3n) is 3.05. The van der Waals surface area contributed by atoms with Crippen molar-refractivity contribution in [3.63, 3.8) is 0 Å². The third kappa shape index (κ3) is 1.94. The van der Waals surface area contributed by atoms with E-state index in [1.807, 2.05) is 0 Å². The van der Waals surface area contributed by atoms with Crippen molar-refractivity contribution in [3.05, 3.63) is 12.7 Å². The monoisotopic (exact) mass is 283 g/mol. The number of nitrogens with zero attached hydrogens (tertiary/aromatic N) is 4. The Morgan fingerprint density at radius 1 is 1.30 bits per heavy atom. The van der Waals surface area contributed by atoms with E-state index in [2.05, 4.69) is 15.0 Å². The number of nitrogen functional groups attached to an aromatic ring is 1. The van der Waals surface area contributed by atoms with Crippen LogP contribution in [0.3, 0.4) is 0 Å². The predicted molar refractivity (Wildman–Crippen MR) is 64.1 cm³/mol. The lowest BCUT2D eigenvalue weighted by atomic mass is 10.1. The fourth-order valence-electron chi connectivity index (χ4n) is 1.97. The molecule has 10 nitrogen and oxygen atoms in total. The summed E-state index contributed by atoms with van der Waals surface area (Å²) < 4.78 is 6.35. The highest BCUT2D eigenvalue weighted by Gasteiger charge is 2.44. The van der Waals surface area contributed by atoms with E-state index in [0.717, 1.165) is 4.73 Å². The fraction of sp³-hybridized carbons (Fsp3) is 0.500. The highest BCUT2D eigenvalue weighted by Crippen LogP contribution is 2.21. The molecule has 2 aromatic rings. The summed E-state index contributed by atoms with van der Waals surface area (Å²) in [7, 11) is 0. The maximum atomic E-state index is 9.78. The molecule has 0 aromatic carbocycles. The molecular formula is C10H13N5O5. The van der Waals surface area contributed by atoms with E-state index in [1.165, 1.54) is 12.7 Å². The lowest BCUT2D eigenvalue weighted by Crippen LogP contribution is -2.38. The average molecular weight is 283 g/mol. The average Bonchev–Trinajstić information content (AvgIpc) is 2.97. The second-order valence-electron chi connectivity index (χ2n) is 4.31. The van der Waals surface area contributed by atoms with Gasteiger partial charge in [0, 0.05) is 0 Å². The number of ether oxygens (including phenoxy) is 1. The first-order valence-corrected chi connectivity index (χ1v) is 5.85. The summed E-state index contributed by atoms with van der Waals surface area (Å²) >= 11 is 0. The van der Waals surface area contributed by atoms with E-state index >= 15 is 0 Å². The zero-order valence-corrected chi connectivity index (χ0v) is 10.2. The summed E-state index contributed by atoms with van der Waals surface area (Å²) in [5.74, 6) is 0.193. The topological polar surface area (TPSA) is 149 Å². The van der Waals surface area contributed by atoms with Crippen molar-refractivity contribution in [2.75, 3.05) is 12.3 Å². The minimum atomic E-state index is -1.30. The van der Waals surface area contributed by atoms with Crippen LogP contribution >= 0.6 is 0 Å². The van der Waals surface area contributed by atoms with Gasteiger partial charge in [0.05, 0.1) is 6.61 Å².